The fourth-order valence-electron chi connectivity index (χ4n) is 1.98. The summed E-state index contributed by atoms with van der Waals surface area (Å²) in [6.45, 7) is 3.61. The number of rotatable bonds is 4. The van der Waals surface area contributed by atoms with Gasteiger partial charge >= 0.3 is 0 Å². The summed E-state index contributed by atoms with van der Waals surface area (Å²) >= 11 is 12.4. The lowest BCUT2D eigenvalue weighted by atomic mass is 10.2. The molecule has 0 aliphatic rings. The van der Waals surface area contributed by atoms with Gasteiger partial charge in [-0.25, -0.2) is 0 Å². The third kappa shape index (κ3) is 3.34. The van der Waals surface area contributed by atoms with Crippen molar-refractivity contribution in [3.63, 3.8) is 0 Å². The van der Waals surface area contributed by atoms with Crippen LogP contribution < -0.4 is 10.6 Å². The number of nitrogens with zero attached hydrogens (tertiary/aromatic N) is 1. The highest BCUT2D eigenvalue weighted by molar-refractivity contribution is 6.36. The van der Waals surface area contributed by atoms with Gasteiger partial charge in [-0.15, -0.1) is 0 Å². The van der Waals surface area contributed by atoms with E-state index in [0.717, 1.165) is 23.5 Å². The molecule has 0 aliphatic heterocycles. The van der Waals surface area contributed by atoms with Gasteiger partial charge < -0.3 is 10.6 Å². The summed E-state index contributed by atoms with van der Waals surface area (Å²) in [5.74, 6) is 0. The van der Waals surface area contributed by atoms with E-state index >= 15 is 0 Å². The van der Waals surface area contributed by atoms with E-state index in [2.05, 4.69) is 11.8 Å². The second-order valence-electron chi connectivity index (χ2n) is 4.31. The Bertz CT molecular complexity index is 550. The molecule has 0 aliphatic carbocycles. The van der Waals surface area contributed by atoms with Crippen LogP contribution in [0.4, 0.5) is 11.4 Å². The van der Waals surface area contributed by atoms with Crippen molar-refractivity contribution < 1.29 is 0 Å². The molecule has 2 N–H and O–H groups in total. The molecule has 0 radical (unpaired) electrons. The maximum absolute atomic E-state index is 6.21. The minimum absolute atomic E-state index is 0.665. The third-order valence-electron chi connectivity index (χ3n) is 3.03. The van der Waals surface area contributed by atoms with Crippen LogP contribution in [0.2, 0.25) is 10.0 Å². The Labute approximate surface area is 123 Å². The monoisotopic (exact) mass is 294 g/mol. The largest absolute Gasteiger partial charge is 0.399 e. The maximum atomic E-state index is 6.21. The summed E-state index contributed by atoms with van der Waals surface area (Å²) in [5, 5.41) is 1.38. The van der Waals surface area contributed by atoms with E-state index in [4.69, 9.17) is 28.9 Å². The molecular formula is C15H16Cl2N2. The van der Waals surface area contributed by atoms with Crippen LogP contribution in [0.15, 0.2) is 42.5 Å². The first-order chi connectivity index (χ1) is 9.11. The Hall–Kier alpha value is -1.38. The van der Waals surface area contributed by atoms with Crippen LogP contribution in [-0.4, -0.2) is 6.54 Å². The molecule has 0 heterocycles. The number of hydrogen-bond donors (Lipinski definition) is 1. The lowest BCUT2D eigenvalue weighted by Crippen LogP contribution is -2.22. The fourth-order valence-corrected chi connectivity index (χ4v) is 2.50. The zero-order valence-electron chi connectivity index (χ0n) is 10.7. The first-order valence-corrected chi connectivity index (χ1v) is 6.90. The average molecular weight is 295 g/mol. The van der Waals surface area contributed by atoms with Crippen molar-refractivity contribution in [1.82, 2.24) is 0 Å². The summed E-state index contributed by atoms with van der Waals surface area (Å²) in [4.78, 5) is 2.18. The molecule has 2 nitrogen and oxygen atoms in total. The van der Waals surface area contributed by atoms with Crippen LogP contribution in [-0.2, 0) is 6.54 Å². The molecule has 0 saturated heterocycles. The van der Waals surface area contributed by atoms with E-state index in [1.165, 1.54) is 0 Å². The second-order valence-corrected chi connectivity index (χ2v) is 5.12. The summed E-state index contributed by atoms with van der Waals surface area (Å²) in [6, 6.07) is 13.4. The van der Waals surface area contributed by atoms with Crippen molar-refractivity contribution in [2.75, 3.05) is 17.2 Å². The molecule has 2 rings (SSSR count). The van der Waals surface area contributed by atoms with Crippen LogP contribution in [0.5, 0.6) is 0 Å². The predicted octanol–water partition coefficient (Wildman–Crippen LogP) is 4.60. The number of nitrogen functional groups attached to an aromatic ring is 1. The molecular weight excluding hydrogens is 279 g/mol. The van der Waals surface area contributed by atoms with Gasteiger partial charge in [0.2, 0.25) is 0 Å². The summed E-state index contributed by atoms with van der Waals surface area (Å²) in [7, 11) is 0. The van der Waals surface area contributed by atoms with Crippen LogP contribution in [0.1, 0.15) is 12.5 Å². The molecule has 4 heteroatoms. The molecule has 0 fully saturated rings. The van der Waals surface area contributed by atoms with Crippen molar-refractivity contribution in [3.05, 3.63) is 58.1 Å². The number of benzene rings is 2. The van der Waals surface area contributed by atoms with E-state index in [1.54, 1.807) is 0 Å². The Kier molecular flexibility index (Phi) is 4.56. The standard InChI is InChI=1S/C15H16Cl2N2/c1-2-19(12-6-3-5-11(18)9-12)10-13-14(16)7-4-8-15(13)17/h3-9H,2,10,18H2,1H3. The zero-order chi connectivity index (χ0) is 13.8. The molecule has 0 bridgehead atoms. The zero-order valence-corrected chi connectivity index (χ0v) is 12.2. The van der Waals surface area contributed by atoms with Gasteiger partial charge in [0.05, 0.1) is 0 Å². The van der Waals surface area contributed by atoms with Gasteiger partial charge in [-0.1, -0.05) is 35.3 Å². The maximum Gasteiger partial charge on any atom is 0.0470 e. The molecule has 0 amide bonds. The molecule has 2 aromatic carbocycles. The molecule has 0 atom stereocenters. The normalized spacial score (nSPS) is 10.5. The van der Waals surface area contributed by atoms with Gasteiger partial charge in [-0.05, 0) is 37.3 Å². The van der Waals surface area contributed by atoms with E-state index in [-0.39, 0.29) is 0 Å². The van der Waals surface area contributed by atoms with Crippen LogP contribution in [0, 0.1) is 0 Å². The van der Waals surface area contributed by atoms with Gasteiger partial charge in [0, 0.05) is 40.1 Å². The Morgan fingerprint density at radius 1 is 1.05 bits per heavy atom. The quantitative estimate of drug-likeness (QED) is 0.835. The number of anilines is 2. The van der Waals surface area contributed by atoms with Crippen LogP contribution in [0.3, 0.4) is 0 Å². The van der Waals surface area contributed by atoms with Crippen LogP contribution >= 0.6 is 23.2 Å². The number of hydrogen-bond acceptors (Lipinski definition) is 2. The Balaban J connectivity index is 2.29. The molecule has 0 spiro atoms. The van der Waals surface area contributed by atoms with Crippen molar-refractivity contribution in [2.45, 2.75) is 13.5 Å². The van der Waals surface area contributed by atoms with E-state index < -0.39 is 0 Å². The molecule has 100 valence electrons. The molecule has 2 aromatic rings. The third-order valence-corrected chi connectivity index (χ3v) is 3.74. The SMILES string of the molecule is CCN(Cc1c(Cl)cccc1Cl)c1cccc(N)c1. The van der Waals surface area contributed by atoms with E-state index in [9.17, 15) is 0 Å². The Morgan fingerprint density at radius 2 is 1.68 bits per heavy atom. The Morgan fingerprint density at radius 3 is 2.26 bits per heavy atom. The summed E-state index contributed by atoms with van der Waals surface area (Å²) in [5.41, 5.74) is 8.58. The van der Waals surface area contributed by atoms with Gasteiger partial charge in [0.1, 0.15) is 0 Å². The van der Waals surface area contributed by atoms with Crippen LogP contribution in [0.25, 0.3) is 0 Å². The average Bonchev–Trinajstić information content (AvgIpc) is 2.38. The summed E-state index contributed by atoms with van der Waals surface area (Å²) in [6.07, 6.45) is 0. The number of halogens is 2. The number of nitrogens with two attached hydrogens (primary N) is 1. The van der Waals surface area contributed by atoms with Crippen molar-refractivity contribution in [2.24, 2.45) is 0 Å². The minimum Gasteiger partial charge on any atom is -0.399 e. The topological polar surface area (TPSA) is 29.3 Å². The van der Waals surface area contributed by atoms with E-state index in [1.807, 2.05) is 42.5 Å². The first kappa shape index (κ1) is 14.0. The van der Waals surface area contributed by atoms with Gasteiger partial charge in [-0.3, -0.25) is 0 Å². The smallest absolute Gasteiger partial charge is 0.0470 e. The van der Waals surface area contributed by atoms with Gasteiger partial charge in [0.25, 0.3) is 0 Å². The molecule has 0 aromatic heterocycles. The molecule has 19 heavy (non-hydrogen) atoms. The molecule has 0 unspecified atom stereocenters. The highest BCUT2D eigenvalue weighted by Crippen LogP contribution is 2.28. The van der Waals surface area contributed by atoms with Gasteiger partial charge in [-0.2, -0.15) is 0 Å². The highest BCUT2D eigenvalue weighted by Gasteiger charge is 2.11. The predicted molar refractivity (Wildman–Crippen MR) is 84.0 cm³/mol. The lowest BCUT2D eigenvalue weighted by molar-refractivity contribution is 0.832. The minimum atomic E-state index is 0.665. The van der Waals surface area contributed by atoms with E-state index in [0.29, 0.717) is 16.6 Å². The van der Waals surface area contributed by atoms with Crippen molar-refractivity contribution in [3.8, 4) is 0 Å². The molecule has 0 saturated carbocycles. The van der Waals surface area contributed by atoms with Gasteiger partial charge in [0.15, 0.2) is 0 Å². The fraction of sp³-hybridized carbons (Fsp3) is 0.200. The van der Waals surface area contributed by atoms with Crippen molar-refractivity contribution in [1.29, 1.82) is 0 Å². The first-order valence-electron chi connectivity index (χ1n) is 6.15. The lowest BCUT2D eigenvalue weighted by Gasteiger charge is -2.24. The second kappa shape index (κ2) is 6.18. The highest BCUT2D eigenvalue weighted by atomic mass is 35.5. The summed E-state index contributed by atoms with van der Waals surface area (Å²) < 4.78 is 0. The van der Waals surface area contributed by atoms with Crippen molar-refractivity contribution >= 4 is 34.6 Å².